The topological polar surface area (TPSA) is 36.3 Å². The Morgan fingerprint density at radius 2 is 1.96 bits per heavy atom. The van der Waals surface area contributed by atoms with Gasteiger partial charge in [-0.2, -0.15) is 5.10 Å². The molecule has 1 unspecified atom stereocenters. The van der Waals surface area contributed by atoms with Crippen LogP contribution < -0.4 is 10.2 Å². The van der Waals surface area contributed by atoms with Crippen LogP contribution in [0.1, 0.15) is 29.3 Å². The normalized spacial score (nSPS) is 15.9. The van der Waals surface area contributed by atoms with E-state index in [2.05, 4.69) is 72.4 Å². The minimum Gasteiger partial charge on any atom is -0.363 e. The van der Waals surface area contributed by atoms with Gasteiger partial charge in [-0.15, -0.1) is 0 Å². The summed E-state index contributed by atoms with van der Waals surface area (Å²) in [5.74, 6) is 1.18. The molecular weight excluding hydrogens is 310 g/mol. The fourth-order valence-electron chi connectivity index (χ4n) is 3.89. The van der Waals surface area contributed by atoms with Gasteiger partial charge in [0.05, 0.1) is 5.69 Å². The van der Waals surface area contributed by atoms with E-state index >= 15 is 0 Å². The molecule has 0 saturated carbocycles. The highest BCUT2D eigenvalue weighted by molar-refractivity contribution is 5.48. The van der Waals surface area contributed by atoms with Crippen LogP contribution in [0.25, 0.3) is 0 Å². The number of benzene rings is 1. The summed E-state index contributed by atoms with van der Waals surface area (Å²) >= 11 is 0. The van der Waals surface area contributed by atoms with Gasteiger partial charge in [0, 0.05) is 58.9 Å². The lowest BCUT2D eigenvalue weighted by Gasteiger charge is -2.34. The summed E-state index contributed by atoms with van der Waals surface area (Å²) in [4.78, 5) is 4.72. The quantitative estimate of drug-likeness (QED) is 0.875. The van der Waals surface area contributed by atoms with E-state index in [1.807, 2.05) is 11.7 Å². The van der Waals surface area contributed by atoms with Gasteiger partial charge in [-0.25, -0.2) is 0 Å². The molecule has 1 aromatic carbocycles. The molecule has 2 aromatic rings. The Bertz CT molecular complexity index is 719. The van der Waals surface area contributed by atoms with Crippen molar-refractivity contribution in [2.24, 2.45) is 7.05 Å². The molecule has 1 N–H and O–H groups in total. The summed E-state index contributed by atoms with van der Waals surface area (Å²) in [6.45, 7) is 8.48. The van der Waals surface area contributed by atoms with E-state index in [0.717, 1.165) is 38.3 Å². The molecule has 1 aliphatic heterocycles. The summed E-state index contributed by atoms with van der Waals surface area (Å²) < 4.78 is 1.97. The first-order valence-corrected chi connectivity index (χ1v) is 9.18. The molecule has 1 atom stereocenters. The van der Waals surface area contributed by atoms with Crippen molar-refractivity contribution in [3.8, 4) is 0 Å². The van der Waals surface area contributed by atoms with Crippen molar-refractivity contribution in [2.75, 3.05) is 32.1 Å². The van der Waals surface area contributed by atoms with Crippen LogP contribution in [0.3, 0.4) is 0 Å². The van der Waals surface area contributed by atoms with Crippen LogP contribution in [-0.2, 0) is 26.6 Å². The third-order valence-corrected chi connectivity index (χ3v) is 5.26. The Labute approximate surface area is 151 Å². The van der Waals surface area contributed by atoms with Crippen molar-refractivity contribution in [3.63, 3.8) is 0 Å². The highest BCUT2D eigenvalue weighted by atomic mass is 15.4. The number of aromatic nitrogens is 2. The van der Waals surface area contributed by atoms with Gasteiger partial charge in [-0.05, 0) is 31.4 Å². The second-order valence-electron chi connectivity index (χ2n) is 7.37. The molecule has 5 nitrogen and oxygen atoms in total. The molecular formula is C20H31N5. The third kappa shape index (κ3) is 3.88. The van der Waals surface area contributed by atoms with Gasteiger partial charge in [-0.3, -0.25) is 9.58 Å². The Hall–Kier alpha value is -1.85. The van der Waals surface area contributed by atoms with Crippen LogP contribution in [0.2, 0.25) is 0 Å². The molecule has 5 heteroatoms. The molecule has 3 rings (SSSR count). The van der Waals surface area contributed by atoms with Gasteiger partial charge in [0.25, 0.3) is 0 Å². The average molecular weight is 342 g/mol. The fraction of sp³-hybridized carbons (Fsp3) is 0.550. The molecule has 1 aromatic heterocycles. The number of rotatable bonds is 6. The van der Waals surface area contributed by atoms with Crippen molar-refractivity contribution in [1.29, 1.82) is 0 Å². The van der Waals surface area contributed by atoms with Crippen molar-refractivity contribution >= 4 is 5.82 Å². The standard InChI is InChI=1S/C20H31N5/c1-15(25-11-10-17-8-6-7-9-18(17)14-25)12-21-13-19-16(2)22-24(5)20(19)23(3)4/h6-9,15,21H,10-14H2,1-5H3. The maximum absolute atomic E-state index is 4.57. The number of nitrogens with one attached hydrogen (secondary N) is 1. The van der Waals surface area contributed by atoms with Gasteiger partial charge in [-0.1, -0.05) is 24.3 Å². The lowest BCUT2D eigenvalue weighted by atomic mass is 9.99. The fourth-order valence-corrected chi connectivity index (χ4v) is 3.89. The number of nitrogens with zero attached hydrogens (tertiary/aromatic N) is 4. The van der Waals surface area contributed by atoms with Crippen LogP contribution in [0, 0.1) is 6.92 Å². The Morgan fingerprint density at radius 3 is 2.68 bits per heavy atom. The molecule has 0 radical (unpaired) electrons. The smallest absolute Gasteiger partial charge is 0.130 e. The molecule has 1 aliphatic rings. The van der Waals surface area contributed by atoms with E-state index in [-0.39, 0.29) is 0 Å². The summed E-state index contributed by atoms with van der Waals surface area (Å²) in [6, 6.07) is 9.36. The van der Waals surface area contributed by atoms with Gasteiger partial charge < -0.3 is 10.2 Å². The zero-order chi connectivity index (χ0) is 18.0. The first-order chi connectivity index (χ1) is 12.0. The summed E-state index contributed by atoms with van der Waals surface area (Å²) in [5.41, 5.74) is 5.40. The average Bonchev–Trinajstić information content (AvgIpc) is 2.88. The number of anilines is 1. The van der Waals surface area contributed by atoms with E-state index < -0.39 is 0 Å². The molecule has 0 fully saturated rings. The number of fused-ring (bicyclic) bond motifs is 1. The summed E-state index contributed by atoms with van der Waals surface area (Å²) in [6.07, 6.45) is 1.16. The molecule has 136 valence electrons. The number of aryl methyl sites for hydroxylation is 2. The summed E-state index contributed by atoms with van der Waals surface area (Å²) in [5, 5.41) is 8.22. The number of hydrogen-bond acceptors (Lipinski definition) is 4. The van der Waals surface area contributed by atoms with Crippen LogP contribution >= 0.6 is 0 Å². The zero-order valence-corrected chi connectivity index (χ0v) is 16.2. The van der Waals surface area contributed by atoms with Crippen molar-refractivity contribution in [3.05, 3.63) is 46.6 Å². The number of hydrogen-bond donors (Lipinski definition) is 1. The highest BCUT2D eigenvalue weighted by Gasteiger charge is 2.20. The van der Waals surface area contributed by atoms with Crippen LogP contribution in [0.5, 0.6) is 0 Å². The molecule has 0 bridgehead atoms. The molecule has 2 heterocycles. The minimum absolute atomic E-state index is 0.521. The first kappa shape index (κ1) is 18.0. The van der Waals surface area contributed by atoms with Gasteiger partial charge in [0.15, 0.2) is 0 Å². The maximum atomic E-state index is 4.57. The second-order valence-corrected chi connectivity index (χ2v) is 7.37. The monoisotopic (exact) mass is 341 g/mol. The largest absolute Gasteiger partial charge is 0.363 e. The Balaban J connectivity index is 1.56. The second kappa shape index (κ2) is 7.58. The SMILES string of the molecule is Cc1nn(C)c(N(C)C)c1CNCC(C)N1CCc2ccccc2C1. The van der Waals surface area contributed by atoms with Gasteiger partial charge in [0.2, 0.25) is 0 Å². The molecule has 0 aliphatic carbocycles. The van der Waals surface area contributed by atoms with Crippen molar-refractivity contribution in [2.45, 2.75) is 39.4 Å². The minimum atomic E-state index is 0.521. The van der Waals surface area contributed by atoms with Crippen LogP contribution in [0.4, 0.5) is 5.82 Å². The van der Waals surface area contributed by atoms with E-state index in [1.54, 1.807) is 0 Å². The van der Waals surface area contributed by atoms with E-state index in [4.69, 9.17) is 0 Å². The molecule has 0 saturated heterocycles. The van der Waals surface area contributed by atoms with E-state index in [0.29, 0.717) is 6.04 Å². The molecule has 25 heavy (non-hydrogen) atoms. The third-order valence-electron chi connectivity index (χ3n) is 5.26. The molecule has 0 spiro atoms. The van der Waals surface area contributed by atoms with E-state index in [9.17, 15) is 0 Å². The van der Waals surface area contributed by atoms with Gasteiger partial charge >= 0.3 is 0 Å². The predicted molar refractivity (Wildman–Crippen MR) is 104 cm³/mol. The molecule has 0 amide bonds. The predicted octanol–water partition coefficient (Wildman–Crippen LogP) is 2.33. The van der Waals surface area contributed by atoms with Gasteiger partial charge in [0.1, 0.15) is 5.82 Å². The Kier molecular flexibility index (Phi) is 5.45. The zero-order valence-electron chi connectivity index (χ0n) is 16.2. The van der Waals surface area contributed by atoms with Crippen LogP contribution in [0.15, 0.2) is 24.3 Å². The lowest BCUT2D eigenvalue weighted by molar-refractivity contribution is 0.186. The van der Waals surface area contributed by atoms with Crippen molar-refractivity contribution in [1.82, 2.24) is 20.0 Å². The summed E-state index contributed by atoms with van der Waals surface area (Å²) in [7, 11) is 6.17. The van der Waals surface area contributed by atoms with Crippen molar-refractivity contribution < 1.29 is 0 Å². The Morgan fingerprint density at radius 1 is 1.24 bits per heavy atom. The van der Waals surface area contributed by atoms with E-state index in [1.165, 1.54) is 22.5 Å². The lowest BCUT2D eigenvalue weighted by Crippen LogP contribution is -2.43. The first-order valence-electron chi connectivity index (χ1n) is 9.18. The maximum Gasteiger partial charge on any atom is 0.130 e. The van der Waals surface area contributed by atoms with Crippen LogP contribution in [-0.4, -0.2) is 47.9 Å². The highest BCUT2D eigenvalue weighted by Crippen LogP contribution is 2.22.